The molecule has 0 unspecified atom stereocenters. The minimum atomic E-state index is -0.429. The van der Waals surface area contributed by atoms with Gasteiger partial charge in [0, 0.05) is 6.07 Å². The van der Waals surface area contributed by atoms with Gasteiger partial charge in [0.15, 0.2) is 0 Å². The molecule has 0 N–H and O–H groups in total. The molecule has 0 bridgehead atoms. The molecule has 6 heteroatoms. The lowest BCUT2D eigenvalue weighted by Gasteiger charge is -2.07. The number of halogens is 1. The molecular weight excluding hydrogens is 294 g/mol. The second-order valence-electron chi connectivity index (χ2n) is 3.07. The fourth-order valence-electron chi connectivity index (χ4n) is 1.10. The molecule has 0 saturated heterocycles. The highest BCUT2D eigenvalue weighted by molar-refractivity contribution is 9.10. The second-order valence-corrected chi connectivity index (χ2v) is 4.91. The van der Waals surface area contributed by atoms with Crippen molar-refractivity contribution in [2.24, 2.45) is 0 Å². The Morgan fingerprint density at radius 3 is 2.94 bits per heavy atom. The molecule has 1 rings (SSSR count). The first kappa shape index (κ1) is 13.3. The van der Waals surface area contributed by atoms with Crippen LogP contribution in [0.3, 0.4) is 0 Å². The van der Waals surface area contributed by atoms with Gasteiger partial charge in [0.05, 0.1) is 22.1 Å². The van der Waals surface area contributed by atoms with Gasteiger partial charge in [0.2, 0.25) is 0 Å². The smallest absolute Gasteiger partial charge is 0.273 e. The Balaban J connectivity index is 2.63. The molecule has 0 fully saturated rings. The van der Waals surface area contributed by atoms with E-state index in [1.165, 1.54) is 12.1 Å². The maximum absolute atomic E-state index is 10.6. The van der Waals surface area contributed by atoms with Crippen LogP contribution in [0.5, 0.6) is 5.75 Å². The zero-order valence-electron chi connectivity index (χ0n) is 8.81. The van der Waals surface area contributed by atoms with E-state index >= 15 is 0 Å². The van der Waals surface area contributed by atoms with Gasteiger partial charge in [-0.2, -0.15) is 11.8 Å². The number of ether oxygens (including phenoxy) is 1. The molecule has 1 aromatic carbocycles. The van der Waals surface area contributed by atoms with Gasteiger partial charge in [-0.05, 0) is 40.4 Å². The van der Waals surface area contributed by atoms with Crippen LogP contribution in [0, 0.1) is 10.1 Å². The van der Waals surface area contributed by atoms with Crippen molar-refractivity contribution in [1.82, 2.24) is 0 Å². The quantitative estimate of drug-likeness (QED) is 0.458. The highest BCUT2D eigenvalue weighted by Crippen LogP contribution is 2.29. The van der Waals surface area contributed by atoms with Gasteiger partial charge in [0.25, 0.3) is 5.69 Å². The second kappa shape index (κ2) is 6.75. The van der Waals surface area contributed by atoms with Crippen molar-refractivity contribution < 1.29 is 9.66 Å². The first-order valence-corrected chi connectivity index (χ1v) is 6.89. The van der Waals surface area contributed by atoms with Crippen molar-refractivity contribution in [2.75, 3.05) is 18.6 Å². The van der Waals surface area contributed by atoms with Gasteiger partial charge >= 0.3 is 0 Å². The topological polar surface area (TPSA) is 52.4 Å². The van der Waals surface area contributed by atoms with Crippen LogP contribution in [0.15, 0.2) is 22.7 Å². The van der Waals surface area contributed by atoms with E-state index in [1.807, 2.05) is 6.26 Å². The Morgan fingerprint density at radius 1 is 1.56 bits per heavy atom. The van der Waals surface area contributed by atoms with Crippen LogP contribution in [0.1, 0.15) is 6.42 Å². The standard InChI is InChI=1S/C10H12BrNO3S/c1-16-6-2-5-15-10-7-8(12(13)14)3-4-9(10)11/h3-4,7H,2,5-6H2,1H3. The average Bonchev–Trinajstić information content (AvgIpc) is 2.26. The Kier molecular flexibility index (Phi) is 5.62. The largest absolute Gasteiger partial charge is 0.492 e. The third-order valence-electron chi connectivity index (χ3n) is 1.88. The van der Waals surface area contributed by atoms with E-state index in [9.17, 15) is 10.1 Å². The molecule has 0 radical (unpaired) electrons. The van der Waals surface area contributed by atoms with Crippen molar-refractivity contribution in [2.45, 2.75) is 6.42 Å². The van der Waals surface area contributed by atoms with Crippen LogP contribution in [0.25, 0.3) is 0 Å². The molecule has 88 valence electrons. The summed E-state index contributed by atoms with van der Waals surface area (Å²) < 4.78 is 6.20. The van der Waals surface area contributed by atoms with E-state index in [1.54, 1.807) is 17.8 Å². The summed E-state index contributed by atoms with van der Waals surface area (Å²) in [5, 5.41) is 10.6. The molecule has 4 nitrogen and oxygen atoms in total. The van der Waals surface area contributed by atoms with Crippen molar-refractivity contribution in [1.29, 1.82) is 0 Å². The maximum atomic E-state index is 10.6. The highest BCUT2D eigenvalue weighted by atomic mass is 79.9. The number of hydrogen-bond donors (Lipinski definition) is 0. The number of hydrogen-bond acceptors (Lipinski definition) is 4. The zero-order valence-corrected chi connectivity index (χ0v) is 11.2. The van der Waals surface area contributed by atoms with Crippen molar-refractivity contribution in [3.05, 3.63) is 32.8 Å². The predicted molar refractivity (Wildman–Crippen MR) is 69.3 cm³/mol. The zero-order chi connectivity index (χ0) is 12.0. The SMILES string of the molecule is CSCCCOc1cc([N+](=O)[O-])ccc1Br. The van der Waals surface area contributed by atoms with Gasteiger partial charge in [-0.25, -0.2) is 0 Å². The Bertz CT molecular complexity index is 373. The van der Waals surface area contributed by atoms with Crippen molar-refractivity contribution in [3.8, 4) is 5.75 Å². The number of nitrogens with zero attached hydrogens (tertiary/aromatic N) is 1. The van der Waals surface area contributed by atoms with E-state index in [4.69, 9.17) is 4.74 Å². The monoisotopic (exact) mass is 305 g/mol. The lowest BCUT2D eigenvalue weighted by atomic mass is 10.3. The van der Waals surface area contributed by atoms with Crippen LogP contribution >= 0.6 is 27.7 Å². The summed E-state index contributed by atoms with van der Waals surface area (Å²) >= 11 is 5.04. The van der Waals surface area contributed by atoms with E-state index in [2.05, 4.69) is 15.9 Å². The van der Waals surface area contributed by atoms with Gasteiger partial charge in [-0.3, -0.25) is 10.1 Å². The summed E-state index contributed by atoms with van der Waals surface area (Å²) in [5.41, 5.74) is 0.0445. The Morgan fingerprint density at radius 2 is 2.31 bits per heavy atom. The van der Waals surface area contributed by atoms with Crippen LogP contribution in [-0.2, 0) is 0 Å². The van der Waals surface area contributed by atoms with E-state index in [-0.39, 0.29) is 5.69 Å². The molecule has 0 atom stereocenters. The molecule has 0 heterocycles. The molecule has 1 aromatic rings. The summed E-state index contributed by atoms with van der Waals surface area (Å²) in [6.45, 7) is 0.570. The predicted octanol–water partition coefficient (Wildman–Crippen LogP) is 3.49. The van der Waals surface area contributed by atoms with Gasteiger partial charge in [-0.15, -0.1) is 0 Å². The highest BCUT2D eigenvalue weighted by Gasteiger charge is 2.10. The summed E-state index contributed by atoms with van der Waals surface area (Å²) in [6, 6.07) is 4.50. The summed E-state index contributed by atoms with van der Waals surface area (Å²) in [7, 11) is 0. The fraction of sp³-hybridized carbons (Fsp3) is 0.400. The van der Waals surface area contributed by atoms with E-state index in [0.717, 1.165) is 16.6 Å². The Hall–Kier alpha value is -0.750. The number of non-ortho nitro benzene ring substituents is 1. The molecule has 0 aliphatic heterocycles. The number of nitro groups is 1. The molecule has 0 amide bonds. The van der Waals surface area contributed by atoms with Gasteiger partial charge < -0.3 is 4.74 Å². The minimum Gasteiger partial charge on any atom is -0.492 e. The third-order valence-corrected chi connectivity index (χ3v) is 3.23. The fourth-order valence-corrected chi connectivity index (χ4v) is 1.87. The third kappa shape index (κ3) is 4.02. The summed E-state index contributed by atoms with van der Waals surface area (Å²) in [6.07, 6.45) is 2.96. The molecule has 0 saturated carbocycles. The van der Waals surface area contributed by atoms with Crippen LogP contribution in [0.4, 0.5) is 5.69 Å². The van der Waals surface area contributed by atoms with Crippen LogP contribution < -0.4 is 4.74 Å². The minimum absolute atomic E-state index is 0.0445. The first-order valence-electron chi connectivity index (χ1n) is 4.71. The molecule has 0 aliphatic rings. The van der Waals surface area contributed by atoms with E-state index in [0.29, 0.717) is 12.4 Å². The summed E-state index contributed by atoms with van der Waals surface area (Å²) in [4.78, 5) is 10.1. The molecule has 0 aliphatic carbocycles. The average molecular weight is 306 g/mol. The number of rotatable bonds is 6. The molecule has 16 heavy (non-hydrogen) atoms. The normalized spacial score (nSPS) is 10.1. The maximum Gasteiger partial charge on any atom is 0.273 e. The lowest BCUT2D eigenvalue weighted by molar-refractivity contribution is -0.385. The Labute approximate surface area is 107 Å². The number of thioether (sulfide) groups is 1. The van der Waals surface area contributed by atoms with Crippen molar-refractivity contribution in [3.63, 3.8) is 0 Å². The number of nitro benzene ring substituents is 1. The lowest BCUT2D eigenvalue weighted by Crippen LogP contribution is -2.00. The summed E-state index contributed by atoms with van der Waals surface area (Å²) in [5.74, 6) is 1.54. The number of benzene rings is 1. The van der Waals surface area contributed by atoms with E-state index < -0.39 is 4.92 Å². The molecule has 0 aromatic heterocycles. The van der Waals surface area contributed by atoms with Crippen LogP contribution in [0.2, 0.25) is 0 Å². The molecule has 0 spiro atoms. The van der Waals surface area contributed by atoms with Gasteiger partial charge in [0.1, 0.15) is 5.75 Å². The van der Waals surface area contributed by atoms with Crippen molar-refractivity contribution >= 4 is 33.4 Å². The first-order chi connectivity index (χ1) is 7.65. The van der Waals surface area contributed by atoms with Gasteiger partial charge in [-0.1, -0.05) is 0 Å². The van der Waals surface area contributed by atoms with Crippen LogP contribution in [-0.4, -0.2) is 23.5 Å². The molecular formula is C10H12BrNO3S.